The number of aryl methyl sites for hydroxylation is 2. The number of likely N-dealkylation sites (N-methyl/N-ethyl adjacent to an activating group) is 1. The van der Waals surface area contributed by atoms with E-state index in [2.05, 4.69) is 48.8 Å². The van der Waals surface area contributed by atoms with Gasteiger partial charge < -0.3 is 14.7 Å². The minimum Gasteiger partial charge on any atom is -0.487 e. The third-order valence-corrected chi connectivity index (χ3v) is 10.3. The molecule has 7 rings (SSSR count). The number of piperidine rings is 1. The Bertz CT molecular complexity index is 1350. The average Bonchev–Trinajstić information content (AvgIpc) is 3.63. The van der Waals surface area contributed by atoms with Gasteiger partial charge >= 0.3 is 0 Å². The van der Waals surface area contributed by atoms with Gasteiger partial charge in [-0.2, -0.15) is 0 Å². The predicted molar refractivity (Wildman–Crippen MR) is 142 cm³/mol. The zero-order chi connectivity index (χ0) is 25.5. The number of hydrogen-bond acceptors (Lipinski definition) is 4. The Labute approximate surface area is 219 Å². The van der Waals surface area contributed by atoms with Gasteiger partial charge in [-0.15, -0.1) is 0 Å². The van der Waals surface area contributed by atoms with Crippen LogP contribution in [0.3, 0.4) is 0 Å². The zero-order valence-electron chi connectivity index (χ0n) is 22.1. The second-order valence-electron chi connectivity index (χ2n) is 12.2. The second-order valence-corrected chi connectivity index (χ2v) is 12.2. The fourth-order valence-electron chi connectivity index (χ4n) is 8.01. The Hall–Kier alpha value is -2.81. The fraction of sp³-hybridized carbons (Fsp3) is 0.531. The van der Waals surface area contributed by atoms with Crippen molar-refractivity contribution >= 4 is 5.91 Å². The van der Waals surface area contributed by atoms with Crippen LogP contribution < -0.4 is 4.74 Å². The summed E-state index contributed by atoms with van der Waals surface area (Å²) in [5, 5.41) is 12.6. The van der Waals surface area contributed by atoms with Crippen LogP contribution in [0, 0.1) is 31.6 Å². The molecule has 0 aromatic heterocycles. The van der Waals surface area contributed by atoms with Gasteiger partial charge in [0, 0.05) is 36.7 Å². The summed E-state index contributed by atoms with van der Waals surface area (Å²) in [7, 11) is 1.86. The van der Waals surface area contributed by atoms with Crippen molar-refractivity contribution in [3.8, 4) is 17.6 Å². The Morgan fingerprint density at radius 1 is 1.16 bits per heavy atom. The highest BCUT2D eigenvalue weighted by atomic mass is 16.5. The van der Waals surface area contributed by atoms with E-state index in [4.69, 9.17) is 4.74 Å². The normalized spacial score (nSPS) is 33.1. The minimum absolute atomic E-state index is 0.111. The first-order valence-corrected chi connectivity index (χ1v) is 13.9. The molecule has 2 aliphatic heterocycles. The number of likely N-dealkylation sites (tertiary alicyclic amines) is 1. The van der Waals surface area contributed by atoms with Crippen LogP contribution in [-0.4, -0.2) is 64.7 Å². The highest BCUT2D eigenvalue weighted by molar-refractivity contribution is 5.94. The van der Waals surface area contributed by atoms with E-state index in [9.17, 15) is 9.90 Å². The van der Waals surface area contributed by atoms with E-state index in [0.29, 0.717) is 12.8 Å². The lowest BCUT2D eigenvalue weighted by atomic mass is 9.48. The molecule has 3 fully saturated rings. The number of carbonyl (C=O) groups is 1. The van der Waals surface area contributed by atoms with Crippen LogP contribution in [0.15, 0.2) is 36.4 Å². The van der Waals surface area contributed by atoms with Crippen molar-refractivity contribution in [1.82, 2.24) is 9.80 Å². The molecule has 2 aromatic rings. The summed E-state index contributed by atoms with van der Waals surface area (Å²) >= 11 is 0. The molecule has 2 bridgehead atoms. The monoisotopic (exact) mass is 496 g/mol. The van der Waals surface area contributed by atoms with Gasteiger partial charge in [0.25, 0.3) is 5.91 Å². The first-order chi connectivity index (χ1) is 17.8. The van der Waals surface area contributed by atoms with Crippen molar-refractivity contribution < 1.29 is 14.6 Å². The van der Waals surface area contributed by atoms with Gasteiger partial charge in [0.05, 0.1) is 17.1 Å². The number of hydrogen-bond donors (Lipinski definition) is 1. The number of ether oxygens (including phenoxy) is 1. The third-order valence-electron chi connectivity index (χ3n) is 10.3. The molecule has 192 valence electrons. The maximum Gasteiger partial charge on any atom is 0.298 e. The number of benzene rings is 2. The maximum atomic E-state index is 13.3. The summed E-state index contributed by atoms with van der Waals surface area (Å²) in [4.78, 5) is 17.7. The summed E-state index contributed by atoms with van der Waals surface area (Å²) in [5.41, 5.74) is 4.47. The highest BCUT2D eigenvalue weighted by Gasteiger charge is 2.73. The standard InChI is InChI=1S/C32H36N2O3/c1-20-7-8-22(17-21(20)2)11-12-28(35)33(3)25-13-14-32(36)27-18-24-5-4-6-26-29(24)31(32,30(25)37-26)15-16-34(27)19-23-9-10-23/h4-8,17,23,25,27,30,36H,9-10,13-16,18-19H2,1-3H3/t25-,27-,30+,31+,32-/m1/s1. The van der Waals surface area contributed by atoms with E-state index in [1.54, 1.807) is 4.90 Å². The van der Waals surface area contributed by atoms with E-state index in [0.717, 1.165) is 43.2 Å². The first kappa shape index (κ1) is 23.3. The Morgan fingerprint density at radius 3 is 2.78 bits per heavy atom. The van der Waals surface area contributed by atoms with Gasteiger partial charge in [-0.1, -0.05) is 24.1 Å². The largest absolute Gasteiger partial charge is 0.487 e. The van der Waals surface area contributed by atoms with Crippen molar-refractivity contribution in [2.45, 2.75) is 81.6 Å². The number of rotatable bonds is 3. The van der Waals surface area contributed by atoms with Crippen LogP contribution in [0.2, 0.25) is 0 Å². The van der Waals surface area contributed by atoms with E-state index in [-0.39, 0.29) is 24.1 Å². The van der Waals surface area contributed by atoms with Crippen LogP contribution in [0.1, 0.15) is 59.9 Å². The lowest BCUT2D eigenvalue weighted by molar-refractivity contribution is -0.199. The van der Waals surface area contributed by atoms with Gasteiger partial charge in [-0.25, -0.2) is 0 Å². The summed E-state index contributed by atoms with van der Waals surface area (Å²) in [6.45, 7) is 6.22. The summed E-state index contributed by atoms with van der Waals surface area (Å²) in [5.74, 6) is 7.47. The molecule has 1 spiro atoms. The van der Waals surface area contributed by atoms with Crippen molar-refractivity contribution in [2.75, 3.05) is 20.1 Å². The van der Waals surface area contributed by atoms with Gasteiger partial charge in [0.1, 0.15) is 11.9 Å². The van der Waals surface area contributed by atoms with E-state index in [1.165, 1.54) is 35.1 Å². The van der Waals surface area contributed by atoms with E-state index >= 15 is 0 Å². The molecule has 1 saturated heterocycles. The van der Waals surface area contributed by atoms with Crippen molar-refractivity contribution in [3.05, 3.63) is 64.2 Å². The number of aliphatic hydroxyl groups is 1. The lowest BCUT2D eigenvalue weighted by Gasteiger charge is -2.64. The van der Waals surface area contributed by atoms with Gasteiger partial charge in [0.15, 0.2) is 0 Å². The number of nitrogens with zero attached hydrogens (tertiary/aromatic N) is 2. The Morgan fingerprint density at radius 2 is 2.00 bits per heavy atom. The van der Waals surface area contributed by atoms with Crippen LogP contribution in [0.5, 0.6) is 5.75 Å². The molecule has 0 unspecified atom stereocenters. The quantitative estimate of drug-likeness (QED) is 0.658. The van der Waals surface area contributed by atoms with Gasteiger partial charge in [-0.3, -0.25) is 9.69 Å². The molecule has 5 nitrogen and oxygen atoms in total. The number of amides is 1. The van der Waals surface area contributed by atoms with Crippen LogP contribution in [0.25, 0.3) is 0 Å². The molecular formula is C32H36N2O3. The predicted octanol–water partition coefficient (Wildman–Crippen LogP) is 3.75. The molecule has 1 N–H and O–H groups in total. The summed E-state index contributed by atoms with van der Waals surface area (Å²) in [6, 6.07) is 12.4. The zero-order valence-corrected chi connectivity index (χ0v) is 22.1. The van der Waals surface area contributed by atoms with Crippen molar-refractivity contribution in [3.63, 3.8) is 0 Å². The lowest BCUT2D eigenvalue weighted by Crippen LogP contribution is -2.78. The van der Waals surface area contributed by atoms with Crippen LogP contribution in [0.4, 0.5) is 0 Å². The molecule has 5 aliphatic rings. The molecular weight excluding hydrogens is 460 g/mol. The SMILES string of the molecule is Cc1ccc(C#CC(=O)N(C)[C@@H]2CC[C@@]3(O)[C@H]4Cc5cccc6c5[C@@]3(CCN4CC3CC3)[C@H]2O6)cc1C. The first-order valence-electron chi connectivity index (χ1n) is 13.9. The highest BCUT2D eigenvalue weighted by Crippen LogP contribution is 2.64. The van der Waals surface area contributed by atoms with Crippen LogP contribution >= 0.6 is 0 Å². The fourth-order valence-corrected chi connectivity index (χ4v) is 8.01. The summed E-state index contributed by atoms with van der Waals surface area (Å²) in [6.07, 6.45) is 5.52. The van der Waals surface area contributed by atoms with Gasteiger partial charge in [-0.05, 0) is 99.7 Å². The minimum atomic E-state index is -0.837. The molecule has 1 amide bonds. The third kappa shape index (κ3) is 3.28. The molecule has 5 atom stereocenters. The Kier molecular flexibility index (Phi) is 5.10. The Balaban J connectivity index is 1.23. The smallest absolute Gasteiger partial charge is 0.298 e. The summed E-state index contributed by atoms with van der Waals surface area (Å²) < 4.78 is 6.73. The van der Waals surface area contributed by atoms with Crippen LogP contribution in [-0.2, 0) is 16.6 Å². The molecule has 5 heteroatoms. The van der Waals surface area contributed by atoms with E-state index < -0.39 is 11.0 Å². The molecule has 2 saturated carbocycles. The molecule has 2 heterocycles. The second kappa shape index (κ2) is 8.09. The molecule has 37 heavy (non-hydrogen) atoms. The topological polar surface area (TPSA) is 53.0 Å². The molecule has 0 radical (unpaired) electrons. The van der Waals surface area contributed by atoms with E-state index in [1.807, 2.05) is 25.2 Å². The van der Waals surface area contributed by atoms with Gasteiger partial charge in [0.2, 0.25) is 0 Å². The average molecular weight is 497 g/mol. The molecule has 2 aromatic carbocycles. The molecule has 3 aliphatic carbocycles. The van der Waals surface area contributed by atoms with Crippen molar-refractivity contribution in [1.29, 1.82) is 0 Å². The van der Waals surface area contributed by atoms with Crippen molar-refractivity contribution in [2.24, 2.45) is 5.92 Å². The maximum absolute atomic E-state index is 13.3. The number of carbonyl (C=O) groups excluding carboxylic acids is 1.